The van der Waals surface area contributed by atoms with E-state index in [2.05, 4.69) is 19.2 Å². The fourth-order valence-electron chi connectivity index (χ4n) is 2.75. The lowest BCUT2D eigenvalue weighted by Gasteiger charge is -2.34. The summed E-state index contributed by atoms with van der Waals surface area (Å²) in [6.45, 7) is 4.59. The van der Waals surface area contributed by atoms with Crippen LogP contribution < -0.4 is 5.32 Å². The lowest BCUT2D eigenvalue weighted by molar-refractivity contribution is 0.280. The number of rotatable bonds is 3. The highest BCUT2D eigenvalue weighted by atomic mass is 32.2. The van der Waals surface area contributed by atoms with E-state index in [1.807, 2.05) is 12.1 Å². The van der Waals surface area contributed by atoms with Crippen molar-refractivity contribution in [1.82, 2.24) is 0 Å². The summed E-state index contributed by atoms with van der Waals surface area (Å²) in [7, 11) is -3.10. The van der Waals surface area contributed by atoms with Crippen LogP contribution in [0, 0.1) is 11.8 Å². The maximum atomic E-state index is 11.4. The van der Waals surface area contributed by atoms with Gasteiger partial charge in [-0.3, -0.25) is 0 Å². The Morgan fingerprint density at radius 2 is 1.74 bits per heavy atom. The molecule has 19 heavy (non-hydrogen) atoms. The number of benzene rings is 1. The van der Waals surface area contributed by atoms with Gasteiger partial charge < -0.3 is 5.32 Å². The first-order valence-electron chi connectivity index (χ1n) is 6.93. The molecule has 1 saturated carbocycles. The van der Waals surface area contributed by atoms with E-state index in [4.69, 9.17) is 0 Å². The van der Waals surface area contributed by atoms with Gasteiger partial charge in [-0.05, 0) is 48.9 Å². The van der Waals surface area contributed by atoms with Crippen molar-refractivity contribution in [2.45, 2.75) is 44.0 Å². The molecule has 1 fully saturated rings. The van der Waals surface area contributed by atoms with Crippen LogP contribution in [0.2, 0.25) is 0 Å². The molecule has 0 bridgehead atoms. The van der Waals surface area contributed by atoms with Crippen LogP contribution in [0.1, 0.15) is 33.1 Å². The average Bonchev–Trinajstić information content (AvgIpc) is 2.33. The van der Waals surface area contributed by atoms with Crippen LogP contribution in [0.25, 0.3) is 0 Å². The van der Waals surface area contributed by atoms with E-state index >= 15 is 0 Å². The molecule has 0 aromatic heterocycles. The number of sulfone groups is 1. The molecule has 4 heteroatoms. The van der Waals surface area contributed by atoms with Crippen molar-refractivity contribution in [3.63, 3.8) is 0 Å². The van der Waals surface area contributed by atoms with Crippen LogP contribution >= 0.6 is 0 Å². The predicted molar refractivity (Wildman–Crippen MR) is 79.1 cm³/mol. The topological polar surface area (TPSA) is 46.2 Å². The van der Waals surface area contributed by atoms with E-state index in [1.54, 1.807) is 12.1 Å². The van der Waals surface area contributed by atoms with Gasteiger partial charge in [0.25, 0.3) is 0 Å². The monoisotopic (exact) mass is 281 g/mol. The van der Waals surface area contributed by atoms with Gasteiger partial charge in [0.05, 0.1) is 4.90 Å². The van der Waals surface area contributed by atoms with Gasteiger partial charge in [-0.1, -0.05) is 20.3 Å². The molecule has 1 aromatic rings. The second kappa shape index (κ2) is 5.53. The van der Waals surface area contributed by atoms with E-state index in [-0.39, 0.29) is 0 Å². The van der Waals surface area contributed by atoms with Crippen molar-refractivity contribution >= 4 is 15.5 Å². The number of nitrogens with one attached hydrogen (secondary N) is 1. The first-order chi connectivity index (χ1) is 8.86. The third-order valence-corrected chi connectivity index (χ3v) is 5.22. The van der Waals surface area contributed by atoms with Gasteiger partial charge in [-0.25, -0.2) is 8.42 Å². The Labute approximate surface area is 116 Å². The van der Waals surface area contributed by atoms with Crippen LogP contribution in [0.5, 0.6) is 0 Å². The van der Waals surface area contributed by atoms with Crippen molar-refractivity contribution in [3.8, 4) is 0 Å². The van der Waals surface area contributed by atoms with Crippen LogP contribution in [-0.2, 0) is 9.84 Å². The largest absolute Gasteiger partial charge is 0.382 e. The molecule has 1 aromatic carbocycles. The molecule has 0 saturated heterocycles. The SMILES string of the molecule is CC1CCC(C)C(Nc2ccc(S(C)(=O)=O)cc2)C1. The lowest BCUT2D eigenvalue weighted by atomic mass is 9.80. The van der Waals surface area contributed by atoms with Crippen molar-refractivity contribution in [1.29, 1.82) is 0 Å². The normalized spacial score (nSPS) is 28.1. The molecule has 3 atom stereocenters. The highest BCUT2D eigenvalue weighted by molar-refractivity contribution is 7.90. The summed E-state index contributed by atoms with van der Waals surface area (Å²) in [6, 6.07) is 7.57. The van der Waals surface area contributed by atoms with E-state index in [0.29, 0.717) is 16.9 Å². The Hall–Kier alpha value is -1.03. The third kappa shape index (κ3) is 3.72. The predicted octanol–water partition coefficient (Wildman–Crippen LogP) is 3.33. The van der Waals surface area contributed by atoms with Crippen molar-refractivity contribution in [3.05, 3.63) is 24.3 Å². The van der Waals surface area contributed by atoms with Gasteiger partial charge >= 0.3 is 0 Å². The molecule has 0 radical (unpaired) electrons. The summed E-state index contributed by atoms with van der Waals surface area (Å²) in [5.74, 6) is 1.44. The highest BCUT2D eigenvalue weighted by Crippen LogP contribution is 2.30. The maximum absolute atomic E-state index is 11.4. The van der Waals surface area contributed by atoms with Crippen LogP contribution in [0.3, 0.4) is 0 Å². The molecule has 2 rings (SSSR count). The Morgan fingerprint density at radius 3 is 2.32 bits per heavy atom. The molecule has 1 aliphatic rings. The van der Waals surface area contributed by atoms with E-state index < -0.39 is 9.84 Å². The summed E-state index contributed by atoms with van der Waals surface area (Å²) in [5, 5.41) is 3.54. The van der Waals surface area contributed by atoms with Crippen LogP contribution in [-0.4, -0.2) is 20.7 Å². The maximum Gasteiger partial charge on any atom is 0.175 e. The molecule has 3 nitrogen and oxygen atoms in total. The zero-order valence-corrected chi connectivity index (χ0v) is 12.7. The number of hydrogen-bond acceptors (Lipinski definition) is 3. The lowest BCUT2D eigenvalue weighted by Crippen LogP contribution is -2.33. The minimum Gasteiger partial charge on any atom is -0.382 e. The minimum absolute atomic E-state index is 0.378. The highest BCUT2D eigenvalue weighted by Gasteiger charge is 2.25. The first kappa shape index (κ1) is 14.4. The smallest absolute Gasteiger partial charge is 0.175 e. The zero-order chi connectivity index (χ0) is 14.0. The van der Waals surface area contributed by atoms with Crippen LogP contribution in [0.4, 0.5) is 5.69 Å². The zero-order valence-electron chi connectivity index (χ0n) is 11.9. The molecular formula is C15H23NO2S. The van der Waals surface area contributed by atoms with Crippen LogP contribution in [0.15, 0.2) is 29.2 Å². The fraction of sp³-hybridized carbons (Fsp3) is 0.600. The Kier molecular flexibility index (Phi) is 4.19. The molecule has 0 heterocycles. The molecule has 0 aliphatic heterocycles. The second-order valence-electron chi connectivity index (χ2n) is 5.94. The third-order valence-electron chi connectivity index (χ3n) is 4.09. The second-order valence-corrected chi connectivity index (χ2v) is 7.96. The van der Waals surface area contributed by atoms with Gasteiger partial charge in [0.2, 0.25) is 0 Å². The van der Waals surface area contributed by atoms with Gasteiger partial charge in [0, 0.05) is 18.0 Å². The van der Waals surface area contributed by atoms with Crippen molar-refractivity contribution in [2.24, 2.45) is 11.8 Å². The van der Waals surface area contributed by atoms with Gasteiger partial charge in [-0.2, -0.15) is 0 Å². The van der Waals surface area contributed by atoms with E-state index in [9.17, 15) is 8.42 Å². The molecule has 0 spiro atoms. The number of anilines is 1. The van der Waals surface area contributed by atoms with Gasteiger partial charge in [0.1, 0.15) is 0 Å². The Bertz CT molecular complexity index is 522. The summed E-state index contributed by atoms with van der Waals surface area (Å²) in [5.41, 5.74) is 1.01. The van der Waals surface area contributed by atoms with Crippen molar-refractivity contribution in [2.75, 3.05) is 11.6 Å². The average molecular weight is 281 g/mol. The molecule has 3 unspecified atom stereocenters. The molecular weight excluding hydrogens is 258 g/mol. The minimum atomic E-state index is -3.10. The molecule has 1 aliphatic carbocycles. The Balaban J connectivity index is 2.07. The fourth-order valence-corrected chi connectivity index (χ4v) is 3.38. The molecule has 106 valence electrons. The Morgan fingerprint density at radius 1 is 1.11 bits per heavy atom. The summed E-state index contributed by atoms with van der Waals surface area (Å²) < 4.78 is 22.8. The van der Waals surface area contributed by atoms with Gasteiger partial charge in [-0.15, -0.1) is 0 Å². The first-order valence-corrected chi connectivity index (χ1v) is 8.82. The van der Waals surface area contributed by atoms with Gasteiger partial charge in [0.15, 0.2) is 9.84 Å². The molecule has 0 amide bonds. The quantitative estimate of drug-likeness (QED) is 0.924. The summed E-state index contributed by atoms with van der Waals surface area (Å²) in [4.78, 5) is 0.378. The summed E-state index contributed by atoms with van der Waals surface area (Å²) >= 11 is 0. The molecule has 1 N–H and O–H groups in total. The standard InChI is InChI=1S/C15H23NO2S/c1-11-4-5-12(2)15(10-11)16-13-6-8-14(9-7-13)19(3,17)18/h6-9,11-12,15-16H,4-5,10H2,1-3H3. The summed E-state index contributed by atoms with van der Waals surface area (Å²) in [6.07, 6.45) is 5.00. The number of hydrogen-bond donors (Lipinski definition) is 1. The van der Waals surface area contributed by atoms with E-state index in [0.717, 1.165) is 11.6 Å². The van der Waals surface area contributed by atoms with Crippen molar-refractivity contribution < 1.29 is 8.42 Å². The van der Waals surface area contributed by atoms with E-state index in [1.165, 1.54) is 25.5 Å².